The predicted octanol–water partition coefficient (Wildman–Crippen LogP) is 0.131. The Bertz CT molecular complexity index is 988. The molecule has 2 aliphatic rings. The number of Topliss-reactive ketones (excluding diaryl/α,β-unsaturated/α-hetero) is 4. The first-order chi connectivity index (χ1) is 16.1. The normalized spacial score (nSPS) is 12.6. The fourth-order valence-electron chi connectivity index (χ4n) is 3.14. The standard InChI is InChI=1S/2C11H8O3.2C2H5O.Ti/c2*1-6(12)9-10(13)7-4-2-3-5-8(7)11(9)14;2*1-2-3;/h2*2-5,12H,1H3;2*2H2,1H3;/q;;2*-1;/p-2. The number of rotatable bonds is 0. The van der Waals surface area contributed by atoms with Crippen molar-refractivity contribution >= 4 is 23.1 Å². The van der Waals surface area contributed by atoms with E-state index in [0.29, 0.717) is 22.3 Å². The van der Waals surface area contributed by atoms with E-state index in [2.05, 4.69) is 0 Å². The molecular formula is C26H24O8Ti-4. The second kappa shape index (κ2) is 15.0. The van der Waals surface area contributed by atoms with Crippen LogP contribution in [0.25, 0.3) is 0 Å². The zero-order valence-corrected chi connectivity index (χ0v) is 21.4. The number of fused-ring (bicyclic) bond motifs is 2. The minimum Gasteiger partial charge on any atom is -0.875 e. The van der Waals surface area contributed by atoms with Crippen LogP contribution in [0.2, 0.25) is 0 Å². The van der Waals surface area contributed by atoms with Gasteiger partial charge in [-0.25, -0.2) is 0 Å². The minimum atomic E-state index is -0.462. The average molecular weight is 512 g/mol. The summed E-state index contributed by atoms with van der Waals surface area (Å²) in [6.45, 7) is 5.61. The molecule has 2 aliphatic carbocycles. The third kappa shape index (κ3) is 7.41. The number of hydrogen-bond donors (Lipinski definition) is 0. The predicted molar refractivity (Wildman–Crippen MR) is 117 cm³/mol. The molecule has 0 atom stereocenters. The van der Waals surface area contributed by atoms with Gasteiger partial charge in [0.05, 0.1) is 11.1 Å². The molecule has 0 fully saturated rings. The molecule has 4 rings (SSSR count). The molecule has 2 aromatic carbocycles. The van der Waals surface area contributed by atoms with Crippen molar-refractivity contribution < 1.29 is 61.3 Å². The van der Waals surface area contributed by atoms with E-state index in [1.807, 2.05) is 0 Å². The average Bonchev–Trinajstić information content (AvgIpc) is 3.20. The Morgan fingerprint density at radius 3 is 0.886 bits per heavy atom. The van der Waals surface area contributed by atoms with Crippen LogP contribution in [0.5, 0.6) is 0 Å². The van der Waals surface area contributed by atoms with E-state index >= 15 is 0 Å². The summed E-state index contributed by atoms with van der Waals surface area (Å²) < 4.78 is 0. The first-order valence-corrected chi connectivity index (χ1v) is 10.4. The molecule has 184 valence electrons. The van der Waals surface area contributed by atoms with Crippen LogP contribution in [0.15, 0.2) is 71.2 Å². The smallest absolute Gasteiger partial charge is 0.196 e. The van der Waals surface area contributed by atoms with E-state index in [9.17, 15) is 29.4 Å². The molecule has 0 saturated carbocycles. The summed E-state index contributed by atoms with van der Waals surface area (Å²) in [5.41, 5.74) is 0.910. The van der Waals surface area contributed by atoms with Gasteiger partial charge in [0.1, 0.15) is 0 Å². The van der Waals surface area contributed by atoms with Crippen molar-refractivity contribution in [3.63, 3.8) is 0 Å². The Labute approximate surface area is 218 Å². The van der Waals surface area contributed by atoms with Crippen molar-refractivity contribution in [1.82, 2.24) is 0 Å². The van der Waals surface area contributed by atoms with Gasteiger partial charge in [-0.2, -0.15) is 0 Å². The molecule has 0 saturated heterocycles. The number of carbonyl (C=O) groups excluding carboxylic acids is 4. The number of ketones is 4. The second-order valence-corrected chi connectivity index (χ2v) is 6.85. The molecule has 0 bridgehead atoms. The van der Waals surface area contributed by atoms with Crippen LogP contribution < -0.4 is 20.4 Å². The fourth-order valence-corrected chi connectivity index (χ4v) is 3.14. The SMILES string of the molecule is CC([O-])=C1C(=O)c2ccccc2C1=O.CC([O-])=C1C(=O)c2ccccc2C1=O.CC[O-].CC[O-].[Ti]. The van der Waals surface area contributed by atoms with E-state index < -0.39 is 34.7 Å². The third-order valence-corrected chi connectivity index (χ3v) is 4.45. The molecule has 2 aromatic rings. The Balaban J connectivity index is 0.000000528. The van der Waals surface area contributed by atoms with Crippen LogP contribution in [0, 0.1) is 0 Å². The molecular weight excluding hydrogens is 488 g/mol. The summed E-state index contributed by atoms with van der Waals surface area (Å²) in [7, 11) is 0. The van der Waals surface area contributed by atoms with Crippen LogP contribution >= 0.6 is 0 Å². The molecule has 35 heavy (non-hydrogen) atoms. The van der Waals surface area contributed by atoms with Gasteiger partial charge in [-0.15, -0.1) is 24.7 Å². The summed E-state index contributed by atoms with van der Waals surface area (Å²) in [4.78, 5) is 46.3. The van der Waals surface area contributed by atoms with Crippen LogP contribution in [-0.2, 0) is 21.7 Å². The summed E-state index contributed by atoms with van der Waals surface area (Å²) in [5.74, 6) is -2.71. The van der Waals surface area contributed by atoms with Crippen molar-refractivity contribution in [2.45, 2.75) is 27.7 Å². The molecule has 0 heterocycles. The van der Waals surface area contributed by atoms with Crippen molar-refractivity contribution in [1.29, 1.82) is 0 Å². The first-order valence-electron chi connectivity index (χ1n) is 10.4. The van der Waals surface area contributed by atoms with Gasteiger partial charge in [0.2, 0.25) is 0 Å². The largest absolute Gasteiger partial charge is 0.875 e. The van der Waals surface area contributed by atoms with E-state index in [1.54, 1.807) is 62.4 Å². The maximum Gasteiger partial charge on any atom is 0.196 e. The van der Waals surface area contributed by atoms with Gasteiger partial charge in [0.15, 0.2) is 23.1 Å². The van der Waals surface area contributed by atoms with Gasteiger partial charge < -0.3 is 20.4 Å². The Hall–Kier alpha value is -3.17. The topological polar surface area (TPSA) is 161 Å². The molecule has 0 radical (unpaired) electrons. The Kier molecular flexibility index (Phi) is 13.6. The summed E-state index contributed by atoms with van der Waals surface area (Å²) in [6, 6.07) is 12.9. The summed E-state index contributed by atoms with van der Waals surface area (Å²) in [5, 5.41) is 40.0. The van der Waals surface area contributed by atoms with Crippen LogP contribution in [0.3, 0.4) is 0 Å². The van der Waals surface area contributed by atoms with Crippen molar-refractivity contribution in [2.75, 3.05) is 13.2 Å². The van der Waals surface area contributed by atoms with Crippen LogP contribution in [-0.4, -0.2) is 36.3 Å². The van der Waals surface area contributed by atoms with Crippen molar-refractivity contribution in [3.8, 4) is 0 Å². The molecule has 0 amide bonds. The summed E-state index contributed by atoms with van der Waals surface area (Å²) in [6.07, 6.45) is 0. The van der Waals surface area contributed by atoms with Gasteiger partial charge in [0, 0.05) is 44.0 Å². The molecule has 0 spiro atoms. The van der Waals surface area contributed by atoms with E-state index in [0.717, 1.165) is 0 Å². The van der Waals surface area contributed by atoms with Crippen LogP contribution in [0.1, 0.15) is 69.1 Å². The third-order valence-electron chi connectivity index (χ3n) is 4.45. The Morgan fingerprint density at radius 1 is 0.571 bits per heavy atom. The fraction of sp³-hybridized carbons (Fsp3) is 0.231. The maximum absolute atomic E-state index is 11.6. The first kappa shape index (κ1) is 31.8. The van der Waals surface area contributed by atoms with E-state index in [-0.39, 0.29) is 46.1 Å². The van der Waals surface area contributed by atoms with E-state index in [1.165, 1.54) is 13.8 Å². The maximum atomic E-state index is 11.6. The van der Waals surface area contributed by atoms with Gasteiger partial charge in [-0.05, 0) is 0 Å². The van der Waals surface area contributed by atoms with Gasteiger partial charge in [0.25, 0.3) is 0 Å². The van der Waals surface area contributed by atoms with Gasteiger partial charge in [-0.3, -0.25) is 19.2 Å². The van der Waals surface area contributed by atoms with Gasteiger partial charge in [-0.1, -0.05) is 76.2 Å². The molecule has 0 unspecified atom stereocenters. The van der Waals surface area contributed by atoms with E-state index in [4.69, 9.17) is 10.2 Å². The minimum absolute atomic E-state index is 0. The van der Waals surface area contributed by atoms with Crippen molar-refractivity contribution in [3.05, 3.63) is 93.4 Å². The number of hydrogen-bond acceptors (Lipinski definition) is 8. The monoisotopic (exact) mass is 512 g/mol. The quantitative estimate of drug-likeness (QED) is 0.208. The molecule has 0 N–H and O–H groups in total. The second-order valence-electron chi connectivity index (χ2n) is 6.85. The van der Waals surface area contributed by atoms with Crippen LogP contribution in [0.4, 0.5) is 0 Å². The molecule has 9 heteroatoms. The molecule has 0 aromatic heterocycles. The van der Waals surface area contributed by atoms with Crippen molar-refractivity contribution in [2.24, 2.45) is 0 Å². The molecule has 0 aliphatic heterocycles. The molecule has 8 nitrogen and oxygen atoms in total. The summed E-state index contributed by atoms with van der Waals surface area (Å²) >= 11 is 0. The zero-order chi connectivity index (χ0) is 26.0. The van der Waals surface area contributed by atoms with Gasteiger partial charge >= 0.3 is 0 Å². The number of carbonyl (C=O) groups is 4. The number of benzene rings is 2. The Morgan fingerprint density at radius 2 is 0.743 bits per heavy atom. The zero-order valence-electron chi connectivity index (χ0n) is 19.8. The number of allylic oxidation sites excluding steroid dienone is 4.